The Balaban J connectivity index is 2.32. The molecule has 0 saturated carbocycles. The molecular weight excluding hydrogens is 268 g/mol. The molecule has 0 atom stereocenters. The van der Waals surface area contributed by atoms with E-state index in [-0.39, 0.29) is 16.7 Å². The summed E-state index contributed by atoms with van der Waals surface area (Å²) in [5, 5.41) is 11.9. The van der Waals surface area contributed by atoms with Crippen LogP contribution in [0.4, 0.5) is 5.69 Å². The molecule has 3 aromatic rings. The van der Waals surface area contributed by atoms with Crippen LogP contribution in [0, 0.1) is 10.1 Å². The van der Waals surface area contributed by atoms with Gasteiger partial charge in [-0.3, -0.25) is 10.1 Å². The highest BCUT2D eigenvalue weighted by Crippen LogP contribution is 2.33. The van der Waals surface area contributed by atoms with E-state index in [9.17, 15) is 10.1 Å². The van der Waals surface area contributed by atoms with Crippen molar-refractivity contribution in [2.24, 2.45) is 0 Å². The van der Waals surface area contributed by atoms with E-state index in [1.807, 2.05) is 24.3 Å². The van der Waals surface area contributed by atoms with Gasteiger partial charge in [-0.2, -0.15) is 0 Å². The highest BCUT2D eigenvalue weighted by Gasteiger charge is 2.20. The van der Waals surface area contributed by atoms with Crippen molar-refractivity contribution >= 4 is 28.2 Å². The highest BCUT2D eigenvalue weighted by atomic mass is 35.5. The van der Waals surface area contributed by atoms with Crippen LogP contribution in [-0.2, 0) is 0 Å². The molecule has 0 radical (unpaired) electrons. The first-order valence-electron chi connectivity index (χ1n) is 5.40. The van der Waals surface area contributed by atoms with Crippen molar-refractivity contribution < 1.29 is 4.92 Å². The Bertz CT molecular complexity index is 784. The lowest BCUT2D eigenvalue weighted by Crippen LogP contribution is -1.96. The van der Waals surface area contributed by atoms with Crippen molar-refractivity contribution in [2.45, 2.75) is 0 Å². The van der Waals surface area contributed by atoms with Crippen LogP contribution >= 0.6 is 11.6 Å². The van der Waals surface area contributed by atoms with E-state index in [4.69, 9.17) is 11.6 Å². The number of fused-ring (bicyclic) bond motifs is 1. The molecule has 3 rings (SSSR count). The van der Waals surface area contributed by atoms with Gasteiger partial charge in [-0.1, -0.05) is 18.2 Å². The minimum atomic E-state index is -0.520. The number of hydrogen-bond donors (Lipinski definition) is 1. The molecule has 7 heteroatoms. The fourth-order valence-electron chi connectivity index (χ4n) is 1.95. The summed E-state index contributed by atoms with van der Waals surface area (Å²) in [6, 6.07) is 7.48. The molecule has 0 fully saturated rings. The topological polar surface area (TPSA) is 84.7 Å². The molecule has 1 N–H and O–H groups in total. The highest BCUT2D eigenvalue weighted by molar-refractivity contribution is 6.28. The number of aromatic nitrogens is 3. The Morgan fingerprint density at radius 3 is 2.89 bits per heavy atom. The second-order valence-corrected chi connectivity index (χ2v) is 4.22. The molecule has 0 unspecified atom stereocenters. The van der Waals surface area contributed by atoms with Gasteiger partial charge in [0.15, 0.2) is 5.69 Å². The van der Waals surface area contributed by atoms with Crippen molar-refractivity contribution in [3.63, 3.8) is 0 Å². The van der Waals surface area contributed by atoms with E-state index in [0.29, 0.717) is 5.56 Å². The Morgan fingerprint density at radius 2 is 2.11 bits per heavy atom. The maximum Gasteiger partial charge on any atom is 0.313 e. The summed E-state index contributed by atoms with van der Waals surface area (Å²) in [6.45, 7) is 0. The van der Waals surface area contributed by atoms with Gasteiger partial charge in [-0.15, -0.1) is 0 Å². The monoisotopic (exact) mass is 274 g/mol. The van der Waals surface area contributed by atoms with Crippen LogP contribution in [-0.4, -0.2) is 19.9 Å². The van der Waals surface area contributed by atoms with E-state index in [1.165, 1.54) is 0 Å². The van der Waals surface area contributed by atoms with Crippen LogP contribution in [0.3, 0.4) is 0 Å². The second kappa shape index (κ2) is 4.33. The second-order valence-electron chi connectivity index (χ2n) is 3.88. The molecule has 94 valence electrons. The Labute approximate surface area is 112 Å². The molecule has 0 aliphatic rings. The van der Waals surface area contributed by atoms with Crippen molar-refractivity contribution in [1.82, 2.24) is 15.0 Å². The molecular formula is C12H7ClN4O2. The first-order valence-corrected chi connectivity index (χ1v) is 5.78. The summed E-state index contributed by atoms with van der Waals surface area (Å²) in [5.74, 6) is 0. The van der Waals surface area contributed by atoms with Crippen molar-refractivity contribution in [1.29, 1.82) is 0 Å². The van der Waals surface area contributed by atoms with E-state index in [0.717, 1.165) is 17.1 Å². The Kier molecular flexibility index (Phi) is 2.64. The van der Waals surface area contributed by atoms with E-state index in [2.05, 4.69) is 15.0 Å². The summed E-state index contributed by atoms with van der Waals surface area (Å²) >= 11 is 5.73. The zero-order chi connectivity index (χ0) is 13.4. The summed E-state index contributed by atoms with van der Waals surface area (Å²) < 4.78 is 0. The lowest BCUT2D eigenvalue weighted by molar-refractivity contribution is -0.384. The molecule has 0 saturated heterocycles. The predicted octanol–water partition coefficient (Wildman–Crippen LogP) is 3.19. The molecule has 6 nitrogen and oxygen atoms in total. The van der Waals surface area contributed by atoms with Gasteiger partial charge in [0.25, 0.3) is 0 Å². The molecule has 1 aromatic carbocycles. The lowest BCUT2D eigenvalue weighted by Gasteiger charge is -2.00. The minimum absolute atomic E-state index is 0.0223. The normalized spacial score (nSPS) is 10.8. The first-order chi connectivity index (χ1) is 9.16. The average Bonchev–Trinajstić information content (AvgIpc) is 2.82. The zero-order valence-electron chi connectivity index (χ0n) is 9.50. The van der Waals surface area contributed by atoms with Gasteiger partial charge in [0.05, 0.1) is 4.92 Å². The number of nitrogens with zero attached hydrogens (tertiary/aromatic N) is 3. The number of halogens is 1. The largest absolute Gasteiger partial charge is 0.360 e. The fourth-order valence-corrected chi connectivity index (χ4v) is 2.09. The molecule has 2 heterocycles. The number of benzene rings is 1. The summed E-state index contributed by atoms with van der Waals surface area (Å²) in [6.07, 6.45) is 2.79. The molecule has 0 aliphatic carbocycles. The molecule has 0 aliphatic heterocycles. The summed E-state index contributed by atoms with van der Waals surface area (Å²) in [5.41, 5.74) is 1.55. The van der Waals surface area contributed by atoms with Gasteiger partial charge in [-0.25, -0.2) is 9.97 Å². The quantitative estimate of drug-likeness (QED) is 0.442. The van der Waals surface area contributed by atoms with Crippen LogP contribution in [0.5, 0.6) is 0 Å². The van der Waals surface area contributed by atoms with Gasteiger partial charge in [-0.05, 0) is 17.7 Å². The number of nitrogens with one attached hydrogen (secondary N) is 1. The molecule has 0 amide bonds. The van der Waals surface area contributed by atoms with Gasteiger partial charge < -0.3 is 4.98 Å². The lowest BCUT2D eigenvalue weighted by atomic mass is 10.1. The maximum atomic E-state index is 11.0. The van der Waals surface area contributed by atoms with Gasteiger partial charge in [0, 0.05) is 22.7 Å². The van der Waals surface area contributed by atoms with Crippen molar-refractivity contribution in [3.05, 3.63) is 52.1 Å². The fraction of sp³-hybridized carbons (Fsp3) is 0. The number of para-hydroxylation sites is 1. The molecule has 19 heavy (non-hydrogen) atoms. The van der Waals surface area contributed by atoms with Gasteiger partial charge in [0.1, 0.15) is 6.20 Å². The van der Waals surface area contributed by atoms with E-state index < -0.39 is 4.92 Å². The third-order valence-electron chi connectivity index (χ3n) is 2.78. The molecule has 0 bridgehead atoms. The predicted molar refractivity (Wildman–Crippen MR) is 71.0 cm³/mol. The number of hydrogen-bond acceptors (Lipinski definition) is 4. The van der Waals surface area contributed by atoms with Crippen LogP contribution in [0.25, 0.3) is 22.2 Å². The minimum Gasteiger partial charge on any atom is -0.360 e. The molecule has 2 aromatic heterocycles. The van der Waals surface area contributed by atoms with Crippen LogP contribution < -0.4 is 0 Å². The van der Waals surface area contributed by atoms with Crippen molar-refractivity contribution in [2.75, 3.05) is 0 Å². The number of aromatic amines is 1. The Hall–Kier alpha value is -2.47. The third kappa shape index (κ3) is 1.92. The van der Waals surface area contributed by atoms with Crippen molar-refractivity contribution in [3.8, 4) is 11.3 Å². The standard InChI is InChI=1S/C12H7ClN4O2/c13-12-15-6-10(17(18)19)11(16-12)8-5-14-9-4-2-1-3-7(8)9/h1-6,14H. The summed E-state index contributed by atoms with van der Waals surface area (Å²) in [7, 11) is 0. The summed E-state index contributed by atoms with van der Waals surface area (Å²) in [4.78, 5) is 21.2. The van der Waals surface area contributed by atoms with Gasteiger partial charge in [0.2, 0.25) is 5.28 Å². The van der Waals surface area contributed by atoms with E-state index >= 15 is 0 Å². The zero-order valence-corrected chi connectivity index (χ0v) is 10.3. The first kappa shape index (κ1) is 11.6. The number of rotatable bonds is 2. The number of H-pyrrole nitrogens is 1. The SMILES string of the molecule is O=[N+]([O-])c1cnc(Cl)nc1-c1c[nH]c2ccccc12. The van der Waals surface area contributed by atoms with Crippen LogP contribution in [0.15, 0.2) is 36.7 Å². The Morgan fingerprint density at radius 1 is 1.32 bits per heavy atom. The van der Waals surface area contributed by atoms with Crippen LogP contribution in [0.2, 0.25) is 5.28 Å². The third-order valence-corrected chi connectivity index (χ3v) is 2.96. The maximum absolute atomic E-state index is 11.0. The smallest absolute Gasteiger partial charge is 0.313 e. The number of nitro groups is 1. The van der Waals surface area contributed by atoms with E-state index in [1.54, 1.807) is 6.20 Å². The van der Waals surface area contributed by atoms with Crippen LogP contribution in [0.1, 0.15) is 0 Å². The molecule has 0 spiro atoms. The average molecular weight is 275 g/mol. The van der Waals surface area contributed by atoms with Gasteiger partial charge >= 0.3 is 5.69 Å².